The van der Waals surface area contributed by atoms with E-state index in [1.807, 2.05) is 6.92 Å². The van der Waals surface area contributed by atoms with E-state index in [0.29, 0.717) is 5.75 Å². The van der Waals surface area contributed by atoms with Crippen LogP contribution in [-0.2, 0) is 0 Å². The zero-order valence-electron chi connectivity index (χ0n) is 9.55. The summed E-state index contributed by atoms with van der Waals surface area (Å²) in [6.45, 7) is 1.87. The zero-order chi connectivity index (χ0) is 13.1. The van der Waals surface area contributed by atoms with Gasteiger partial charge in [0.05, 0.1) is 6.20 Å². The highest BCUT2D eigenvalue weighted by atomic mass is 79.9. The maximum Gasteiger partial charge on any atom is 0.339 e. The molecule has 4 nitrogen and oxygen atoms in total. The van der Waals surface area contributed by atoms with Gasteiger partial charge < -0.3 is 9.84 Å². The van der Waals surface area contributed by atoms with E-state index in [9.17, 15) is 4.79 Å². The molecule has 5 heteroatoms. The normalized spacial score (nSPS) is 10.1. The summed E-state index contributed by atoms with van der Waals surface area (Å²) < 4.78 is 6.29. The van der Waals surface area contributed by atoms with Gasteiger partial charge in [0.1, 0.15) is 17.1 Å². The standard InChI is InChI=1S/C13H10BrNO3/c1-8-2-4-10(7-15-8)18-12-6-9(14)3-5-11(12)13(16)17/h2-7H,1H3,(H,16,17). The van der Waals surface area contributed by atoms with Crippen LogP contribution in [0, 0.1) is 6.92 Å². The molecule has 1 heterocycles. The number of nitrogens with zero attached hydrogens (tertiary/aromatic N) is 1. The number of aryl methyl sites for hydroxylation is 1. The van der Waals surface area contributed by atoms with Crippen molar-refractivity contribution < 1.29 is 14.6 Å². The van der Waals surface area contributed by atoms with E-state index in [1.165, 1.54) is 6.07 Å². The number of aromatic carboxylic acids is 1. The number of aromatic nitrogens is 1. The Morgan fingerprint density at radius 1 is 1.33 bits per heavy atom. The average molecular weight is 308 g/mol. The molecule has 0 amide bonds. The minimum atomic E-state index is -1.03. The van der Waals surface area contributed by atoms with Crippen LogP contribution in [0.3, 0.4) is 0 Å². The van der Waals surface area contributed by atoms with Gasteiger partial charge in [-0.15, -0.1) is 0 Å². The van der Waals surface area contributed by atoms with Gasteiger partial charge >= 0.3 is 5.97 Å². The lowest BCUT2D eigenvalue weighted by atomic mass is 10.2. The third kappa shape index (κ3) is 2.87. The molecule has 1 aromatic heterocycles. The van der Waals surface area contributed by atoms with E-state index < -0.39 is 5.97 Å². The second-order valence-corrected chi connectivity index (χ2v) is 4.60. The molecule has 0 saturated carbocycles. The molecule has 1 N–H and O–H groups in total. The number of carbonyl (C=O) groups is 1. The summed E-state index contributed by atoms with van der Waals surface area (Å²) in [5.74, 6) is -0.249. The number of rotatable bonds is 3. The van der Waals surface area contributed by atoms with Crippen LogP contribution in [-0.4, -0.2) is 16.1 Å². The summed E-state index contributed by atoms with van der Waals surface area (Å²) in [4.78, 5) is 15.2. The predicted molar refractivity (Wildman–Crippen MR) is 70.1 cm³/mol. The van der Waals surface area contributed by atoms with E-state index in [4.69, 9.17) is 9.84 Å². The highest BCUT2D eigenvalue weighted by Gasteiger charge is 2.12. The molecular weight excluding hydrogens is 298 g/mol. The lowest BCUT2D eigenvalue weighted by Crippen LogP contribution is -2.00. The molecule has 2 rings (SSSR count). The third-order valence-electron chi connectivity index (χ3n) is 2.29. The Hall–Kier alpha value is -1.88. The minimum absolute atomic E-state index is 0.110. The zero-order valence-corrected chi connectivity index (χ0v) is 11.1. The van der Waals surface area contributed by atoms with Gasteiger partial charge in [0.25, 0.3) is 0 Å². The van der Waals surface area contributed by atoms with Gasteiger partial charge in [-0.1, -0.05) is 15.9 Å². The lowest BCUT2D eigenvalue weighted by molar-refractivity contribution is 0.0694. The SMILES string of the molecule is Cc1ccc(Oc2cc(Br)ccc2C(=O)O)cn1. The van der Waals surface area contributed by atoms with Crippen LogP contribution in [0.15, 0.2) is 41.0 Å². The fourth-order valence-corrected chi connectivity index (χ4v) is 1.74. The number of pyridine rings is 1. The maximum absolute atomic E-state index is 11.1. The summed E-state index contributed by atoms with van der Waals surface area (Å²) in [6, 6.07) is 8.30. The van der Waals surface area contributed by atoms with Gasteiger partial charge in [-0.2, -0.15) is 0 Å². The fraction of sp³-hybridized carbons (Fsp3) is 0.0769. The van der Waals surface area contributed by atoms with Crippen molar-refractivity contribution in [1.82, 2.24) is 4.98 Å². The van der Waals surface area contributed by atoms with Crippen molar-refractivity contribution in [1.29, 1.82) is 0 Å². The first-order chi connectivity index (χ1) is 8.56. The summed E-state index contributed by atoms with van der Waals surface area (Å²) in [6.07, 6.45) is 1.56. The van der Waals surface area contributed by atoms with Crippen molar-refractivity contribution in [2.75, 3.05) is 0 Å². The summed E-state index contributed by atoms with van der Waals surface area (Å²) >= 11 is 3.28. The second-order valence-electron chi connectivity index (χ2n) is 3.68. The third-order valence-corrected chi connectivity index (χ3v) is 2.78. The smallest absolute Gasteiger partial charge is 0.339 e. The average Bonchev–Trinajstić information content (AvgIpc) is 2.32. The minimum Gasteiger partial charge on any atom is -0.478 e. The van der Waals surface area contributed by atoms with Crippen LogP contribution >= 0.6 is 15.9 Å². The Morgan fingerprint density at radius 2 is 2.11 bits per heavy atom. The quantitative estimate of drug-likeness (QED) is 0.940. The Kier molecular flexibility index (Phi) is 3.62. The van der Waals surface area contributed by atoms with E-state index in [-0.39, 0.29) is 11.3 Å². The van der Waals surface area contributed by atoms with Crippen molar-refractivity contribution in [2.24, 2.45) is 0 Å². The first-order valence-electron chi connectivity index (χ1n) is 5.19. The first-order valence-corrected chi connectivity index (χ1v) is 5.99. The molecule has 2 aromatic rings. The van der Waals surface area contributed by atoms with Crippen molar-refractivity contribution >= 4 is 21.9 Å². The van der Waals surface area contributed by atoms with Crippen LogP contribution in [0.5, 0.6) is 11.5 Å². The largest absolute Gasteiger partial charge is 0.478 e. The van der Waals surface area contributed by atoms with Crippen LogP contribution < -0.4 is 4.74 Å². The highest BCUT2D eigenvalue weighted by molar-refractivity contribution is 9.10. The summed E-state index contributed by atoms with van der Waals surface area (Å²) in [5, 5.41) is 9.07. The molecule has 18 heavy (non-hydrogen) atoms. The van der Waals surface area contributed by atoms with Gasteiger partial charge in [-0.05, 0) is 37.3 Å². The van der Waals surface area contributed by atoms with Crippen molar-refractivity contribution in [3.8, 4) is 11.5 Å². The molecular formula is C13H10BrNO3. The molecule has 0 atom stereocenters. The van der Waals surface area contributed by atoms with Crippen molar-refractivity contribution in [3.63, 3.8) is 0 Å². The topological polar surface area (TPSA) is 59.4 Å². The number of hydrogen-bond donors (Lipinski definition) is 1. The van der Waals surface area contributed by atoms with Crippen LogP contribution in [0.4, 0.5) is 0 Å². The fourth-order valence-electron chi connectivity index (χ4n) is 1.40. The molecule has 0 fully saturated rings. The number of benzene rings is 1. The monoisotopic (exact) mass is 307 g/mol. The van der Waals surface area contributed by atoms with Gasteiger partial charge in [0.2, 0.25) is 0 Å². The summed E-state index contributed by atoms with van der Waals surface area (Å²) in [5.41, 5.74) is 0.980. The Morgan fingerprint density at radius 3 is 2.72 bits per heavy atom. The van der Waals surface area contributed by atoms with Crippen molar-refractivity contribution in [2.45, 2.75) is 6.92 Å². The molecule has 92 valence electrons. The Bertz CT molecular complexity index is 581. The number of carboxylic acids is 1. The molecule has 0 aliphatic heterocycles. The Labute approximate surface area is 112 Å². The maximum atomic E-state index is 11.1. The molecule has 0 radical (unpaired) electrons. The number of halogens is 1. The number of carboxylic acid groups (broad SMARTS) is 1. The number of ether oxygens (including phenoxy) is 1. The van der Waals surface area contributed by atoms with Gasteiger partial charge in [-0.3, -0.25) is 4.98 Å². The molecule has 0 saturated heterocycles. The van der Waals surface area contributed by atoms with E-state index in [1.54, 1.807) is 30.5 Å². The highest BCUT2D eigenvalue weighted by Crippen LogP contribution is 2.28. The van der Waals surface area contributed by atoms with E-state index >= 15 is 0 Å². The molecule has 0 bridgehead atoms. The lowest BCUT2D eigenvalue weighted by Gasteiger charge is -2.09. The molecule has 1 aromatic carbocycles. The van der Waals surface area contributed by atoms with Crippen LogP contribution in [0.2, 0.25) is 0 Å². The van der Waals surface area contributed by atoms with Crippen molar-refractivity contribution in [3.05, 3.63) is 52.3 Å². The molecule has 0 aliphatic rings. The number of hydrogen-bond acceptors (Lipinski definition) is 3. The molecule has 0 unspecified atom stereocenters. The van der Waals surface area contributed by atoms with Crippen LogP contribution in [0.25, 0.3) is 0 Å². The van der Waals surface area contributed by atoms with E-state index in [2.05, 4.69) is 20.9 Å². The van der Waals surface area contributed by atoms with Crippen LogP contribution in [0.1, 0.15) is 16.1 Å². The first kappa shape index (κ1) is 12.6. The molecule has 0 aliphatic carbocycles. The summed E-state index contributed by atoms with van der Waals surface area (Å²) in [7, 11) is 0. The van der Waals surface area contributed by atoms with Gasteiger partial charge in [-0.25, -0.2) is 4.79 Å². The molecule has 0 spiro atoms. The van der Waals surface area contributed by atoms with Gasteiger partial charge in [0, 0.05) is 10.2 Å². The van der Waals surface area contributed by atoms with E-state index in [0.717, 1.165) is 10.2 Å². The second kappa shape index (κ2) is 5.18. The Balaban J connectivity index is 2.35. The van der Waals surface area contributed by atoms with Gasteiger partial charge in [0.15, 0.2) is 0 Å². The predicted octanol–water partition coefficient (Wildman–Crippen LogP) is 3.64.